The molecule has 6 nitrogen and oxygen atoms in total. The summed E-state index contributed by atoms with van der Waals surface area (Å²) in [6.07, 6.45) is 1.37. The molecule has 0 saturated heterocycles. The maximum absolute atomic E-state index is 13.4. The minimum atomic E-state index is -0.579. The highest BCUT2D eigenvalue weighted by atomic mass is 35.5. The highest BCUT2D eigenvalue weighted by molar-refractivity contribution is 6.31. The Hall–Kier alpha value is -3.19. The van der Waals surface area contributed by atoms with Gasteiger partial charge in [0.2, 0.25) is 0 Å². The second-order valence-electron chi connectivity index (χ2n) is 5.67. The number of nitrogens with one attached hydrogen (secondary N) is 1. The third-order valence-corrected chi connectivity index (χ3v) is 3.94. The summed E-state index contributed by atoms with van der Waals surface area (Å²) in [7, 11) is 1.46. The molecule has 0 radical (unpaired) electrons. The molecular formula is C19H15ClFN3O3. The van der Waals surface area contributed by atoms with Crippen LogP contribution in [0.4, 0.5) is 15.9 Å². The van der Waals surface area contributed by atoms with Crippen molar-refractivity contribution >= 4 is 40.0 Å². The van der Waals surface area contributed by atoms with E-state index in [-0.39, 0.29) is 16.3 Å². The standard InChI is InChI=1S/C19H15ClFN3O3/c1-10(2)19(25)27-17-7-12-15(8-16(17)26-3)22-9-23-18(12)24-11-4-5-14(21)13(20)6-11/h4-9H,1H2,2-3H3,(H,22,23,24). The van der Waals surface area contributed by atoms with Gasteiger partial charge >= 0.3 is 5.97 Å². The molecule has 3 aromatic rings. The summed E-state index contributed by atoms with van der Waals surface area (Å²) in [4.78, 5) is 20.3. The summed E-state index contributed by atoms with van der Waals surface area (Å²) >= 11 is 5.82. The molecule has 0 saturated carbocycles. The largest absolute Gasteiger partial charge is 0.493 e. The molecule has 3 rings (SSSR count). The Bertz CT molecular complexity index is 1060. The van der Waals surface area contributed by atoms with E-state index >= 15 is 0 Å². The zero-order valence-corrected chi connectivity index (χ0v) is 15.3. The second kappa shape index (κ2) is 7.59. The first-order valence-corrected chi connectivity index (χ1v) is 8.19. The lowest BCUT2D eigenvalue weighted by Crippen LogP contribution is -2.09. The smallest absolute Gasteiger partial charge is 0.338 e. The topological polar surface area (TPSA) is 73.3 Å². The van der Waals surface area contributed by atoms with Crippen LogP contribution in [0.5, 0.6) is 11.5 Å². The van der Waals surface area contributed by atoms with Gasteiger partial charge in [0, 0.05) is 22.7 Å². The Morgan fingerprint density at radius 3 is 2.67 bits per heavy atom. The van der Waals surface area contributed by atoms with Gasteiger partial charge in [-0.3, -0.25) is 0 Å². The summed E-state index contributed by atoms with van der Waals surface area (Å²) in [6.45, 7) is 5.11. The van der Waals surface area contributed by atoms with Crippen molar-refractivity contribution in [1.29, 1.82) is 0 Å². The fourth-order valence-electron chi connectivity index (χ4n) is 2.30. The molecule has 0 aliphatic rings. The van der Waals surface area contributed by atoms with Crippen molar-refractivity contribution in [2.75, 3.05) is 12.4 Å². The molecule has 0 fully saturated rings. The molecule has 1 aromatic heterocycles. The van der Waals surface area contributed by atoms with Gasteiger partial charge in [0.15, 0.2) is 11.5 Å². The maximum atomic E-state index is 13.4. The number of nitrogens with zero attached hydrogens (tertiary/aromatic N) is 2. The van der Waals surface area contributed by atoms with E-state index in [0.29, 0.717) is 28.2 Å². The van der Waals surface area contributed by atoms with Crippen LogP contribution in [0.1, 0.15) is 6.92 Å². The molecule has 0 aliphatic carbocycles. The number of rotatable bonds is 5. The monoisotopic (exact) mass is 387 g/mol. The van der Waals surface area contributed by atoms with Crippen LogP contribution in [-0.2, 0) is 4.79 Å². The number of methoxy groups -OCH3 is 1. The average molecular weight is 388 g/mol. The molecular weight excluding hydrogens is 373 g/mol. The number of aromatic nitrogens is 2. The summed E-state index contributed by atoms with van der Waals surface area (Å²) in [6, 6.07) is 7.43. The van der Waals surface area contributed by atoms with Crippen molar-refractivity contribution < 1.29 is 18.7 Å². The van der Waals surface area contributed by atoms with Crippen LogP contribution in [-0.4, -0.2) is 23.0 Å². The summed E-state index contributed by atoms with van der Waals surface area (Å²) in [5, 5.41) is 3.61. The highest BCUT2D eigenvalue weighted by Crippen LogP contribution is 2.35. The van der Waals surface area contributed by atoms with Crippen LogP contribution in [0.25, 0.3) is 10.9 Å². The lowest BCUT2D eigenvalue weighted by atomic mass is 10.2. The van der Waals surface area contributed by atoms with E-state index in [1.165, 1.54) is 31.6 Å². The molecule has 2 aromatic carbocycles. The van der Waals surface area contributed by atoms with E-state index in [4.69, 9.17) is 21.1 Å². The van der Waals surface area contributed by atoms with Crippen molar-refractivity contribution in [2.24, 2.45) is 0 Å². The third-order valence-electron chi connectivity index (χ3n) is 3.65. The first-order chi connectivity index (χ1) is 12.9. The minimum Gasteiger partial charge on any atom is -0.493 e. The van der Waals surface area contributed by atoms with Crippen molar-refractivity contribution in [1.82, 2.24) is 9.97 Å². The minimum absolute atomic E-state index is 0.0175. The number of hydrogen-bond acceptors (Lipinski definition) is 6. The zero-order valence-electron chi connectivity index (χ0n) is 14.5. The Morgan fingerprint density at radius 1 is 1.22 bits per heavy atom. The maximum Gasteiger partial charge on any atom is 0.338 e. The summed E-state index contributed by atoms with van der Waals surface area (Å²) < 4.78 is 24.0. The van der Waals surface area contributed by atoms with Gasteiger partial charge < -0.3 is 14.8 Å². The summed E-state index contributed by atoms with van der Waals surface area (Å²) in [5.74, 6) is -0.129. The SMILES string of the molecule is C=C(C)C(=O)Oc1cc2c(Nc3ccc(F)c(Cl)c3)ncnc2cc1OC. The van der Waals surface area contributed by atoms with Crippen LogP contribution in [0, 0.1) is 5.82 Å². The number of ether oxygens (including phenoxy) is 2. The van der Waals surface area contributed by atoms with Crippen molar-refractivity contribution in [3.8, 4) is 11.5 Å². The molecule has 0 bridgehead atoms. The molecule has 0 spiro atoms. The second-order valence-corrected chi connectivity index (χ2v) is 6.07. The van der Waals surface area contributed by atoms with Crippen LogP contribution >= 0.6 is 11.6 Å². The van der Waals surface area contributed by atoms with Gasteiger partial charge in [-0.05, 0) is 31.2 Å². The molecule has 138 valence electrons. The summed E-state index contributed by atoms with van der Waals surface area (Å²) in [5.41, 5.74) is 1.35. The fourth-order valence-corrected chi connectivity index (χ4v) is 2.48. The number of carbonyl (C=O) groups excluding carboxylic acids is 1. The molecule has 8 heteroatoms. The molecule has 1 N–H and O–H groups in total. The van der Waals surface area contributed by atoms with Crippen molar-refractivity contribution in [2.45, 2.75) is 6.92 Å². The van der Waals surface area contributed by atoms with Crippen LogP contribution in [0.15, 0.2) is 48.8 Å². The number of hydrogen-bond donors (Lipinski definition) is 1. The van der Waals surface area contributed by atoms with Crippen LogP contribution < -0.4 is 14.8 Å². The predicted octanol–water partition coefficient (Wildman–Crippen LogP) is 4.66. The molecule has 0 atom stereocenters. The Kier molecular flexibility index (Phi) is 5.23. The predicted molar refractivity (Wildman–Crippen MR) is 101 cm³/mol. The Labute approximate surface area is 159 Å². The van der Waals surface area contributed by atoms with E-state index in [0.717, 1.165) is 0 Å². The molecule has 0 amide bonds. The highest BCUT2D eigenvalue weighted by Gasteiger charge is 2.15. The van der Waals surface area contributed by atoms with E-state index in [9.17, 15) is 9.18 Å². The normalized spacial score (nSPS) is 10.5. The first-order valence-electron chi connectivity index (χ1n) is 7.81. The van der Waals surface area contributed by atoms with Crippen molar-refractivity contribution in [3.63, 3.8) is 0 Å². The number of carbonyl (C=O) groups is 1. The first kappa shape index (κ1) is 18.6. The zero-order chi connectivity index (χ0) is 19.6. The van der Waals surface area contributed by atoms with Gasteiger partial charge in [-0.15, -0.1) is 0 Å². The number of anilines is 2. The van der Waals surface area contributed by atoms with Gasteiger partial charge in [0.05, 0.1) is 17.6 Å². The molecule has 0 aliphatic heterocycles. The van der Waals surface area contributed by atoms with E-state index in [1.807, 2.05) is 0 Å². The number of esters is 1. The number of fused-ring (bicyclic) bond motifs is 1. The van der Waals surface area contributed by atoms with E-state index in [1.54, 1.807) is 19.1 Å². The fraction of sp³-hybridized carbons (Fsp3) is 0.105. The number of benzene rings is 2. The molecule has 0 unspecified atom stereocenters. The van der Waals surface area contributed by atoms with Gasteiger partial charge in [0.25, 0.3) is 0 Å². The molecule has 27 heavy (non-hydrogen) atoms. The lowest BCUT2D eigenvalue weighted by Gasteiger charge is -2.13. The van der Waals surface area contributed by atoms with Crippen molar-refractivity contribution in [3.05, 3.63) is 59.7 Å². The third kappa shape index (κ3) is 3.98. The van der Waals surface area contributed by atoms with Gasteiger partial charge in [-0.1, -0.05) is 18.2 Å². The average Bonchev–Trinajstić information content (AvgIpc) is 2.64. The van der Waals surface area contributed by atoms with E-state index in [2.05, 4.69) is 21.9 Å². The Balaban J connectivity index is 2.06. The van der Waals surface area contributed by atoms with Crippen LogP contribution in [0.3, 0.4) is 0 Å². The van der Waals surface area contributed by atoms with Gasteiger partial charge in [-0.2, -0.15) is 0 Å². The molecule has 1 heterocycles. The quantitative estimate of drug-likeness (QED) is 0.390. The van der Waals surface area contributed by atoms with Crippen LogP contribution in [0.2, 0.25) is 5.02 Å². The van der Waals surface area contributed by atoms with Gasteiger partial charge in [0.1, 0.15) is 18.0 Å². The Morgan fingerprint density at radius 2 is 2.00 bits per heavy atom. The van der Waals surface area contributed by atoms with E-state index < -0.39 is 11.8 Å². The number of halogens is 2. The van der Waals surface area contributed by atoms with Gasteiger partial charge in [-0.25, -0.2) is 19.2 Å². The lowest BCUT2D eigenvalue weighted by molar-refractivity contribution is -0.130.